The molecular weight excluding hydrogens is 441 g/mol. The van der Waals surface area contributed by atoms with Crippen LogP contribution in [0.4, 0.5) is 4.39 Å². The lowest BCUT2D eigenvalue weighted by atomic mass is 9.99. The molecule has 2 N–H and O–H groups in total. The van der Waals surface area contributed by atoms with Gasteiger partial charge < -0.3 is 14.8 Å². The summed E-state index contributed by atoms with van der Waals surface area (Å²) in [5.74, 6) is -1.87. The van der Waals surface area contributed by atoms with Gasteiger partial charge in [-0.3, -0.25) is 4.79 Å². The number of thioether (sulfide) groups is 1. The Balaban J connectivity index is 2.23. The topological polar surface area (TPSA) is 79.5 Å². The minimum Gasteiger partial charge on any atom is -0.477 e. The second-order valence-electron chi connectivity index (χ2n) is 7.83. The normalized spacial score (nSPS) is 12.8. The highest BCUT2D eigenvalue weighted by atomic mass is 35.5. The zero-order valence-electron chi connectivity index (χ0n) is 17.4. The van der Waals surface area contributed by atoms with Crippen molar-refractivity contribution in [3.05, 3.63) is 80.3 Å². The fraction of sp³-hybridized carbons (Fsp3) is 0.304. The number of aliphatic hydroxyl groups excluding tert-OH is 1. The summed E-state index contributed by atoms with van der Waals surface area (Å²) < 4.78 is 15.5. The molecule has 1 heterocycles. The Hall–Kier alpha value is -2.35. The first kappa shape index (κ1) is 23.3. The van der Waals surface area contributed by atoms with Crippen LogP contribution in [0.2, 0.25) is 5.02 Å². The van der Waals surface area contributed by atoms with Crippen molar-refractivity contribution >= 4 is 40.2 Å². The van der Waals surface area contributed by atoms with Gasteiger partial charge in [-0.15, -0.1) is 0 Å². The molecule has 0 aliphatic heterocycles. The minimum absolute atomic E-state index is 0.0129. The number of aromatic carboxylic acids is 1. The predicted octanol–water partition coefficient (Wildman–Crippen LogP) is 4.76. The molecule has 0 saturated carbocycles. The molecule has 0 amide bonds. The van der Waals surface area contributed by atoms with Crippen molar-refractivity contribution in [1.82, 2.24) is 4.57 Å². The molecule has 1 aromatic heterocycles. The summed E-state index contributed by atoms with van der Waals surface area (Å²) in [4.78, 5) is 24.7. The zero-order chi connectivity index (χ0) is 22.9. The molecule has 0 saturated heterocycles. The van der Waals surface area contributed by atoms with Crippen molar-refractivity contribution in [3.63, 3.8) is 0 Å². The number of hydrogen-bond donors (Lipinski definition) is 2. The van der Waals surface area contributed by atoms with E-state index in [9.17, 15) is 24.2 Å². The summed E-state index contributed by atoms with van der Waals surface area (Å²) in [6, 6.07) is 9.30. The minimum atomic E-state index is -1.34. The molecule has 0 radical (unpaired) electrons. The van der Waals surface area contributed by atoms with Crippen LogP contribution in [0, 0.1) is 5.82 Å². The van der Waals surface area contributed by atoms with Crippen molar-refractivity contribution in [2.75, 3.05) is 12.9 Å². The molecule has 2 aromatic carbocycles. The molecule has 0 aliphatic carbocycles. The smallest absolute Gasteiger partial charge is 0.341 e. The number of fused-ring (bicyclic) bond motifs is 1. The van der Waals surface area contributed by atoms with E-state index in [1.54, 1.807) is 34.9 Å². The van der Waals surface area contributed by atoms with E-state index in [2.05, 4.69) is 0 Å². The lowest BCUT2D eigenvalue weighted by Gasteiger charge is -2.34. The molecule has 1 atom stereocenters. The Morgan fingerprint density at radius 3 is 2.61 bits per heavy atom. The number of carbonyl (C=O) groups is 1. The molecule has 0 bridgehead atoms. The van der Waals surface area contributed by atoms with Gasteiger partial charge in [-0.1, -0.05) is 29.8 Å². The van der Waals surface area contributed by atoms with Crippen LogP contribution in [0.1, 0.15) is 41.4 Å². The number of aromatic nitrogens is 1. The van der Waals surface area contributed by atoms with Gasteiger partial charge in [-0.2, -0.15) is 11.8 Å². The average molecular weight is 464 g/mol. The SMILES string of the molecule is CSC(C)(C)[C@@H](CO)n1cc(C(=O)O)c(=O)c2cc(Cc3cccc(Cl)c3F)ccc21. The Morgan fingerprint density at radius 1 is 1.29 bits per heavy atom. The fourth-order valence-electron chi connectivity index (χ4n) is 3.61. The number of aliphatic hydroxyl groups is 1. The number of nitrogens with zero attached hydrogens (tertiary/aromatic N) is 1. The molecule has 0 fully saturated rings. The number of pyridine rings is 1. The van der Waals surface area contributed by atoms with Gasteiger partial charge in [-0.05, 0) is 49.4 Å². The van der Waals surface area contributed by atoms with Crippen LogP contribution in [0.25, 0.3) is 10.9 Å². The van der Waals surface area contributed by atoms with E-state index in [0.29, 0.717) is 16.6 Å². The molecule has 31 heavy (non-hydrogen) atoms. The molecule has 8 heteroatoms. The number of benzene rings is 2. The summed E-state index contributed by atoms with van der Waals surface area (Å²) in [5, 5.41) is 19.9. The van der Waals surface area contributed by atoms with Crippen molar-refractivity contribution in [2.45, 2.75) is 31.1 Å². The number of halogens is 2. The molecule has 0 aliphatic rings. The van der Waals surface area contributed by atoms with Gasteiger partial charge in [-0.25, -0.2) is 9.18 Å². The summed E-state index contributed by atoms with van der Waals surface area (Å²) in [5.41, 5.74) is 0.522. The molecule has 164 valence electrons. The van der Waals surface area contributed by atoms with Gasteiger partial charge in [0.15, 0.2) is 0 Å². The number of carboxylic acids is 1. The molecule has 5 nitrogen and oxygen atoms in total. The highest BCUT2D eigenvalue weighted by Gasteiger charge is 2.31. The first-order valence-corrected chi connectivity index (χ1v) is 11.2. The average Bonchev–Trinajstić information content (AvgIpc) is 2.73. The molecular formula is C23H23ClFNO4S. The zero-order valence-corrected chi connectivity index (χ0v) is 18.9. The van der Waals surface area contributed by atoms with E-state index >= 15 is 0 Å². The molecule has 3 rings (SSSR count). The van der Waals surface area contributed by atoms with Crippen LogP contribution < -0.4 is 5.43 Å². The van der Waals surface area contributed by atoms with Crippen molar-refractivity contribution in [2.24, 2.45) is 0 Å². The van der Waals surface area contributed by atoms with Gasteiger partial charge in [0.25, 0.3) is 0 Å². The number of carboxylic acid groups (broad SMARTS) is 1. The lowest BCUT2D eigenvalue weighted by molar-refractivity contribution is 0.0694. The van der Waals surface area contributed by atoms with Crippen LogP contribution in [-0.2, 0) is 6.42 Å². The van der Waals surface area contributed by atoms with Gasteiger partial charge in [0, 0.05) is 22.8 Å². The maximum atomic E-state index is 14.3. The molecule has 3 aromatic rings. The first-order chi connectivity index (χ1) is 14.6. The predicted molar refractivity (Wildman–Crippen MR) is 123 cm³/mol. The second kappa shape index (κ2) is 9.02. The third-order valence-corrected chi connectivity index (χ3v) is 7.21. The van der Waals surface area contributed by atoms with Crippen LogP contribution in [0.15, 0.2) is 47.4 Å². The molecule has 0 unspecified atom stereocenters. The van der Waals surface area contributed by atoms with E-state index in [1.165, 1.54) is 24.0 Å². The van der Waals surface area contributed by atoms with Crippen molar-refractivity contribution < 1.29 is 19.4 Å². The first-order valence-electron chi connectivity index (χ1n) is 9.60. The third-order valence-electron chi connectivity index (χ3n) is 5.59. The summed E-state index contributed by atoms with van der Waals surface area (Å²) in [7, 11) is 0. The van der Waals surface area contributed by atoms with Crippen LogP contribution in [-0.4, -0.2) is 38.4 Å². The van der Waals surface area contributed by atoms with Crippen LogP contribution in [0.5, 0.6) is 0 Å². The summed E-state index contributed by atoms with van der Waals surface area (Å²) >= 11 is 7.39. The number of rotatable bonds is 7. The van der Waals surface area contributed by atoms with E-state index in [0.717, 1.165) is 0 Å². The Kier molecular flexibility index (Phi) is 6.79. The Labute approximate surface area is 188 Å². The standard InChI is InChI=1S/C23H23ClFNO4S/c1-23(2,31-3)19(12-27)26-11-16(22(29)30)21(28)15-10-13(7-8-18(15)26)9-14-5-4-6-17(24)20(14)25/h4-8,10-11,19,27H,9,12H2,1-3H3,(H,29,30)/t19-/m1/s1. The van der Waals surface area contributed by atoms with E-state index in [4.69, 9.17) is 11.6 Å². The fourth-order valence-corrected chi connectivity index (χ4v) is 4.26. The quantitative estimate of drug-likeness (QED) is 0.528. The van der Waals surface area contributed by atoms with Crippen LogP contribution >= 0.6 is 23.4 Å². The van der Waals surface area contributed by atoms with Gasteiger partial charge >= 0.3 is 5.97 Å². The highest BCUT2D eigenvalue weighted by molar-refractivity contribution is 7.99. The van der Waals surface area contributed by atoms with Crippen molar-refractivity contribution in [1.29, 1.82) is 0 Å². The summed E-state index contributed by atoms with van der Waals surface area (Å²) in [6.07, 6.45) is 3.39. The Morgan fingerprint density at radius 2 is 2.00 bits per heavy atom. The van der Waals surface area contributed by atoms with Gasteiger partial charge in [0.1, 0.15) is 11.4 Å². The largest absolute Gasteiger partial charge is 0.477 e. The van der Waals surface area contributed by atoms with E-state index in [-0.39, 0.29) is 29.0 Å². The molecule has 0 spiro atoms. The maximum absolute atomic E-state index is 14.3. The lowest BCUT2D eigenvalue weighted by Crippen LogP contribution is -2.34. The van der Waals surface area contributed by atoms with Gasteiger partial charge in [0.2, 0.25) is 5.43 Å². The van der Waals surface area contributed by atoms with Crippen molar-refractivity contribution in [3.8, 4) is 0 Å². The van der Waals surface area contributed by atoms with E-state index < -0.39 is 28.0 Å². The second-order valence-corrected chi connectivity index (χ2v) is 9.70. The summed E-state index contributed by atoms with van der Waals surface area (Å²) in [6.45, 7) is 3.65. The monoisotopic (exact) mass is 463 g/mol. The Bertz CT molecular complexity index is 1210. The highest BCUT2D eigenvalue weighted by Crippen LogP contribution is 2.35. The third kappa shape index (κ3) is 4.49. The number of hydrogen-bond acceptors (Lipinski definition) is 4. The maximum Gasteiger partial charge on any atom is 0.341 e. The van der Waals surface area contributed by atoms with Crippen LogP contribution in [0.3, 0.4) is 0 Å². The van der Waals surface area contributed by atoms with Gasteiger partial charge in [0.05, 0.1) is 23.2 Å². The van der Waals surface area contributed by atoms with E-state index in [1.807, 2.05) is 20.1 Å².